The molecular weight excluding hydrogens is 373 g/mol. The SMILES string of the molecule is CCCC=C1c2c(sc([Si](C)(C)C)c2C)-c2sc([Si](C)(C)C)c(C)c21. The van der Waals surface area contributed by atoms with Gasteiger partial charge in [-0.1, -0.05) is 58.7 Å². The van der Waals surface area contributed by atoms with E-state index in [-0.39, 0.29) is 0 Å². The van der Waals surface area contributed by atoms with Crippen LogP contribution < -0.4 is 9.00 Å². The predicted octanol–water partition coefficient (Wildman–Crippen LogP) is 6.73. The number of thiophene rings is 2. The molecule has 0 bridgehead atoms. The molecule has 136 valence electrons. The summed E-state index contributed by atoms with van der Waals surface area (Å²) in [4.78, 5) is 3.18. The third-order valence-corrected chi connectivity index (χ3v) is 15.2. The summed E-state index contributed by atoms with van der Waals surface area (Å²) in [5.41, 5.74) is 7.89. The van der Waals surface area contributed by atoms with Crippen molar-refractivity contribution in [1.82, 2.24) is 0 Å². The molecule has 2 aromatic rings. The highest BCUT2D eigenvalue weighted by molar-refractivity contribution is 7.34. The fourth-order valence-corrected chi connectivity index (χ4v) is 11.9. The van der Waals surface area contributed by atoms with Gasteiger partial charge in [0, 0.05) is 11.1 Å². The van der Waals surface area contributed by atoms with Crippen LogP contribution in [0.4, 0.5) is 0 Å². The Kier molecular flexibility index (Phi) is 4.89. The van der Waals surface area contributed by atoms with Crippen molar-refractivity contribution in [2.24, 2.45) is 0 Å². The maximum Gasteiger partial charge on any atom is 0.0908 e. The molecular formula is C21H32S2Si2. The lowest BCUT2D eigenvalue weighted by Crippen LogP contribution is -2.37. The maximum atomic E-state index is 2.53. The molecule has 0 nitrogen and oxygen atoms in total. The third-order valence-electron chi connectivity index (χ3n) is 5.04. The molecule has 0 atom stereocenters. The molecule has 0 N–H and O–H groups in total. The molecule has 0 saturated heterocycles. The van der Waals surface area contributed by atoms with E-state index in [2.05, 4.69) is 88.8 Å². The lowest BCUT2D eigenvalue weighted by Gasteiger charge is -2.17. The standard InChI is InChI=1S/C21H32S2Si2/c1-10-11-12-15-16-13(2)20(24(4,5)6)22-18(16)19-17(15)14(3)21(23-19)25(7,8)9/h12H,10-11H2,1-9H3. The first-order valence-electron chi connectivity index (χ1n) is 9.47. The van der Waals surface area contributed by atoms with Gasteiger partial charge in [0.1, 0.15) is 0 Å². The van der Waals surface area contributed by atoms with Crippen LogP contribution in [0, 0.1) is 13.8 Å². The van der Waals surface area contributed by atoms with Crippen molar-refractivity contribution in [3.05, 3.63) is 28.3 Å². The van der Waals surface area contributed by atoms with E-state index in [0.717, 1.165) is 0 Å². The number of unbranched alkanes of at least 4 members (excludes halogenated alkanes) is 1. The Hall–Kier alpha value is -0.426. The minimum absolute atomic E-state index is 1.18. The minimum Gasteiger partial charge on any atom is -0.143 e. The Morgan fingerprint density at radius 1 is 0.760 bits per heavy atom. The Labute approximate surface area is 164 Å². The van der Waals surface area contributed by atoms with E-state index in [0.29, 0.717) is 0 Å². The van der Waals surface area contributed by atoms with Crippen molar-refractivity contribution in [2.75, 3.05) is 0 Å². The highest BCUT2D eigenvalue weighted by Gasteiger charge is 2.37. The van der Waals surface area contributed by atoms with Gasteiger partial charge < -0.3 is 0 Å². The van der Waals surface area contributed by atoms with Gasteiger partial charge in [0.15, 0.2) is 0 Å². The van der Waals surface area contributed by atoms with Crippen LogP contribution in [0.3, 0.4) is 0 Å². The predicted molar refractivity (Wildman–Crippen MR) is 125 cm³/mol. The van der Waals surface area contributed by atoms with Crippen molar-refractivity contribution >= 4 is 53.4 Å². The van der Waals surface area contributed by atoms with Crippen molar-refractivity contribution in [3.63, 3.8) is 0 Å². The topological polar surface area (TPSA) is 0 Å². The van der Waals surface area contributed by atoms with Crippen LogP contribution in [-0.4, -0.2) is 16.1 Å². The van der Waals surface area contributed by atoms with Gasteiger partial charge in [0.2, 0.25) is 0 Å². The quantitative estimate of drug-likeness (QED) is 0.423. The molecule has 0 fully saturated rings. The number of hydrogen-bond donors (Lipinski definition) is 0. The average Bonchev–Trinajstić information content (AvgIpc) is 3.07. The van der Waals surface area contributed by atoms with Gasteiger partial charge in [-0.3, -0.25) is 0 Å². The summed E-state index contributed by atoms with van der Waals surface area (Å²) in [5.74, 6) is 0. The van der Waals surface area contributed by atoms with E-state index in [1.54, 1.807) is 46.6 Å². The van der Waals surface area contributed by atoms with Gasteiger partial charge in [0.25, 0.3) is 0 Å². The van der Waals surface area contributed by atoms with Crippen molar-refractivity contribution < 1.29 is 0 Å². The molecule has 0 aliphatic heterocycles. The molecule has 0 saturated carbocycles. The van der Waals surface area contributed by atoms with E-state index in [1.165, 1.54) is 12.8 Å². The second kappa shape index (κ2) is 6.33. The van der Waals surface area contributed by atoms with Crippen LogP contribution in [0.1, 0.15) is 42.0 Å². The van der Waals surface area contributed by atoms with Crippen LogP contribution in [0.5, 0.6) is 0 Å². The summed E-state index contributed by atoms with van der Waals surface area (Å²) in [5, 5.41) is 0. The minimum atomic E-state index is -1.29. The Bertz CT molecular complexity index is 786. The third kappa shape index (κ3) is 3.09. The Morgan fingerprint density at radius 3 is 1.48 bits per heavy atom. The van der Waals surface area contributed by atoms with Gasteiger partial charge >= 0.3 is 0 Å². The van der Waals surface area contributed by atoms with Crippen LogP contribution in [0.2, 0.25) is 39.3 Å². The molecule has 0 spiro atoms. The highest BCUT2D eigenvalue weighted by atomic mass is 32.1. The van der Waals surface area contributed by atoms with Gasteiger partial charge in [-0.05, 0) is 46.0 Å². The zero-order chi connectivity index (χ0) is 18.7. The van der Waals surface area contributed by atoms with E-state index in [9.17, 15) is 0 Å². The molecule has 0 amide bonds. The number of allylic oxidation sites excluding steroid dienone is 1. The van der Waals surface area contributed by atoms with Crippen molar-refractivity contribution in [3.8, 4) is 9.75 Å². The fraction of sp³-hybridized carbons (Fsp3) is 0.524. The van der Waals surface area contributed by atoms with Crippen LogP contribution >= 0.6 is 22.7 Å². The molecule has 0 aromatic carbocycles. The normalized spacial score (nSPS) is 14.0. The first-order chi connectivity index (χ1) is 11.5. The van der Waals surface area contributed by atoms with Crippen molar-refractivity contribution in [2.45, 2.75) is 72.9 Å². The largest absolute Gasteiger partial charge is 0.143 e. The lowest BCUT2D eigenvalue weighted by molar-refractivity contribution is 0.960. The summed E-state index contributed by atoms with van der Waals surface area (Å²) in [6.45, 7) is 22.0. The van der Waals surface area contributed by atoms with E-state index in [1.807, 2.05) is 0 Å². The molecule has 3 rings (SSSR count). The molecule has 0 unspecified atom stereocenters. The van der Waals surface area contributed by atoms with Gasteiger partial charge in [-0.15, -0.1) is 22.7 Å². The van der Waals surface area contributed by atoms with Gasteiger partial charge in [-0.2, -0.15) is 0 Å². The number of rotatable bonds is 4. The second-order valence-electron chi connectivity index (χ2n) is 9.43. The van der Waals surface area contributed by atoms with E-state index < -0.39 is 16.1 Å². The zero-order valence-corrected chi connectivity index (χ0v) is 20.9. The van der Waals surface area contributed by atoms with Crippen LogP contribution in [-0.2, 0) is 0 Å². The summed E-state index contributed by atoms with van der Waals surface area (Å²) in [7, 11) is -2.58. The molecule has 2 heterocycles. The Balaban J connectivity index is 2.32. The first-order valence-corrected chi connectivity index (χ1v) is 18.1. The zero-order valence-electron chi connectivity index (χ0n) is 17.3. The summed E-state index contributed by atoms with van der Waals surface area (Å²) in [6, 6.07) is 0. The van der Waals surface area contributed by atoms with E-state index >= 15 is 0 Å². The monoisotopic (exact) mass is 404 g/mol. The summed E-state index contributed by atoms with van der Waals surface area (Å²) < 4.78 is 3.40. The first kappa shape index (κ1) is 19.3. The average molecular weight is 405 g/mol. The lowest BCUT2D eigenvalue weighted by atomic mass is 10.00. The molecule has 1 aliphatic carbocycles. The van der Waals surface area contributed by atoms with Gasteiger partial charge in [0.05, 0.1) is 25.9 Å². The second-order valence-corrected chi connectivity index (χ2v) is 22.2. The molecule has 0 radical (unpaired) electrons. The van der Waals surface area contributed by atoms with Crippen LogP contribution in [0.15, 0.2) is 6.08 Å². The maximum absolute atomic E-state index is 2.53. The summed E-state index contributed by atoms with van der Waals surface area (Å²) >= 11 is 4.23. The van der Waals surface area contributed by atoms with Crippen molar-refractivity contribution in [1.29, 1.82) is 0 Å². The molecule has 1 aliphatic rings. The van der Waals surface area contributed by atoms with Gasteiger partial charge in [-0.25, -0.2) is 0 Å². The van der Waals surface area contributed by atoms with E-state index in [4.69, 9.17) is 0 Å². The smallest absolute Gasteiger partial charge is 0.0908 e. The number of fused-ring (bicyclic) bond motifs is 3. The highest BCUT2D eigenvalue weighted by Crippen LogP contribution is 2.53. The Morgan fingerprint density at radius 2 is 1.16 bits per heavy atom. The molecule has 2 aromatic heterocycles. The number of hydrogen-bond acceptors (Lipinski definition) is 2. The van der Waals surface area contributed by atoms with Crippen LogP contribution in [0.25, 0.3) is 15.3 Å². The summed E-state index contributed by atoms with van der Waals surface area (Å²) in [6.07, 6.45) is 4.94. The fourth-order valence-electron chi connectivity index (χ4n) is 4.04. The molecule has 4 heteroatoms. The molecule has 25 heavy (non-hydrogen) atoms.